The van der Waals surface area contributed by atoms with Crippen LogP contribution in [0.2, 0.25) is 0 Å². The number of ether oxygens (including phenoxy) is 2. The summed E-state index contributed by atoms with van der Waals surface area (Å²) in [7, 11) is 3.10. The number of hydrogen-bond acceptors (Lipinski definition) is 3. The van der Waals surface area contributed by atoms with Gasteiger partial charge in [0.25, 0.3) is 0 Å². The summed E-state index contributed by atoms with van der Waals surface area (Å²) in [6.07, 6.45) is 2.23. The molecular weight excluding hydrogens is 331 g/mol. The average molecular weight is 346 g/mol. The van der Waals surface area contributed by atoms with Crippen LogP contribution in [0, 0.1) is 9.49 Å². The Morgan fingerprint density at radius 1 is 1.41 bits per heavy atom. The maximum Gasteiger partial charge on any atom is 0.313 e. The number of rotatable bonds is 4. The summed E-state index contributed by atoms with van der Waals surface area (Å²) >= 11 is 2.22. The van der Waals surface area contributed by atoms with Gasteiger partial charge in [0.1, 0.15) is 5.75 Å². The Morgan fingerprint density at radius 2 is 2.12 bits per heavy atom. The standard InChI is InChI=1S/C13H15IO3/c1-16-11-6-5-9(7-10(11)14)12(8-3-4-8)13(15)17-2/h5-8,12H,3-4H2,1-2H3. The summed E-state index contributed by atoms with van der Waals surface area (Å²) in [6, 6.07) is 5.88. The molecule has 0 bridgehead atoms. The normalized spacial score (nSPS) is 16.4. The van der Waals surface area contributed by atoms with E-state index in [0.717, 1.165) is 27.7 Å². The van der Waals surface area contributed by atoms with Crippen molar-refractivity contribution in [3.63, 3.8) is 0 Å². The molecule has 1 atom stereocenters. The molecule has 1 aromatic rings. The molecule has 0 N–H and O–H groups in total. The molecule has 2 rings (SSSR count). The molecule has 0 spiro atoms. The van der Waals surface area contributed by atoms with E-state index in [1.54, 1.807) is 7.11 Å². The zero-order chi connectivity index (χ0) is 12.4. The Hall–Kier alpha value is -0.780. The van der Waals surface area contributed by atoms with Crippen LogP contribution in [0.1, 0.15) is 24.3 Å². The summed E-state index contributed by atoms with van der Waals surface area (Å²) in [4.78, 5) is 11.8. The van der Waals surface area contributed by atoms with Gasteiger partial charge in [0.15, 0.2) is 0 Å². The lowest BCUT2D eigenvalue weighted by atomic mass is 9.94. The Kier molecular flexibility index (Phi) is 3.91. The number of hydrogen-bond donors (Lipinski definition) is 0. The molecule has 1 saturated carbocycles. The van der Waals surface area contributed by atoms with Crippen molar-refractivity contribution in [2.24, 2.45) is 5.92 Å². The van der Waals surface area contributed by atoms with Gasteiger partial charge in [-0.1, -0.05) is 6.07 Å². The fourth-order valence-electron chi connectivity index (χ4n) is 2.03. The molecule has 0 aliphatic heterocycles. The number of methoxy groups -OCH3 is 2. The van der Waals surface area contributed by atoms with Crippen molar-refractivity contribution in [1.29, 1.82) is 0 Å². The minimum Gasteiger partial charge on any atom is -0.496 e. The highest BCUT2D eigenvalue weighted by Crippen LogP contribution is 2.44. The molecule has 1 aliphatic carbocycles. The molecule has 1 unspecified atom stereocenters. The Labute approximate surface area is 115 Å². The monoisotopic (exact) mass is 346 g/mol. The van der Waals surface area contributed by atoms with Crippen LogP contribution in [0.15, 0.2) is 18.2 Å². The molecule has 1 fully saturated rings. The van der Waals surface area contributed by atoms with Crippen molar-refractivity contribution >= 4 is 28.6 Å². The predicted molar refractivity (Wildman–Crippen MR) is 73.2 cm³/mol. The first-order chi connectivity index (χ1) is 8.17. The second-order valence-corrected chi connectivity index (χ2v) is 5.39. The zero-order valence-electron chi connectivity index (χ0n) is 9.90. The number of esters is 1. The third-order valence-electron chi connectivity index (χ3n) is 3.08. The largest absolute Gasteiger partial charge is 0.496 e. The first-order valence-electron chi connectivity index (χ1n) is 5.58. The van der Waals surface area contributed by atoms with Crippen LogP contribution in [-0.2, 0) is 9.53 Å². The molecule has 3 nitrogen and oxygen atoms in total. The summed E-state index contributed by atoms with van der Waals surface area (Å²) in [5.74, 6) is 1.05. The van der Waals surface area contributed by atoms with Crippen LogP contribution in [0.4, 0.5) is 0 Å². The van der Waals surface area contributed by atoms with E-state index >= 15 is 0 Å². The van der Waals surface area contributed by atoms with E-state index in [1.807, 2.05) is 18.2 Å². The smallest absolute Gasteiger partial charge is 0.313 e. The van der Waals surface area contributed by atoms with Gasteiger partial charge in [-0.25, -0.2) is 0 Å². The number of benzene rings is 1. The third-order valence-corrected chi connectivity index (χ3v) is 3.93. The Bertz CT molecular complexity index is 427. The summed E-state index contributed by atoms with van der Waals surface area (Å²) in [5.41, 5.74) is 1.03. The van der Waals surface area contributed by atoms with Crippen molar-refractivity contribution in [2.45, 2.75) is 18.8 Å². The number of carbonyl (C=O) groups is 1. The molecule has 0 radical (unpaired) electrons. The van der Waals surface area contributed by atoms with Crippen LogP contribution in [-0.4, -0.2) is 20.2 Å². The summed E-state index contributed by atoms with van der Waals surface area (Å²) in [6.45, 7) is 0. The van der Waals surface area contributed by atoms with Gasteiger partial charge in [0.2, 0.25) is 0 Å². The van der Waals surface area contributed by atoms with E-state index in [-0.39, 0.29) is 11.9 Å². The molecular formula is C13H15IO3. The van der Waals surface area contributed by atoms with Crippen molar-refractivity contribution in [1.82, 2.24) is 0 Å². The lowest BCUT2D eigenvalue weighted by Crippen LogP contribution is -2.16. The van der Waals surface area contributed by atoms with Crippen LogP contribution >= 0.6 is 22.6 Å². The highest BCUT2D eigenvalue weighted by Gasteiger charge is 2.38. The SMILES string of the molecule is COC(=O)C(c1ccc(OC)c(I)c1)C1CC1. The molecule has 92 valence electrons. The lowest BCUT2D eigenvalue weighted by molar-refractivity contribution is -0.143. The molecule has 0 saturated heterocycles. The van der Waals surface area contributed by atoms with Gasteiger partial charge in [-0.2, -0.15) is 0 Å². The van der Waals surface area contributed by atoms with Gasteiger partial charge in [-0.3, -0.25) is 4.79 Å². The van der Waals surface area contributed by atoms with E-state index in [2.05, 4.69) is 22.6 Å². The van der Waals surface area contributed by atoms with Gasteiger partial charge in [0.05, 0.1) is 23.7 Å². The third kappa shape index (κ3) is 2.73. The molecule has 0 heterocycles. The zero-order valence-corrected chi connectivity index (χ0v) is 12.1. The first kappa shape index (κ1) is 12.7. The molecule has 1 aliphatic rings. The van der Waals surface area contributed by atoms with Crippen LogP contribution in [0.5, 0.6) is 5.75 Å². The van der Waals surface area contributed by atoms with Crippen LogP contribution in [0.25, 0.3) is 0 Å². The first-order valence-corrected chi connectivity index (χ1v) is 6.66. The van der Waals surface area contributed by atoms with E-state index in [0.29, 0.717) is 5.92 Å². The number of halogens is 1. The van der Waals surface area contributed by atoms with E-state index in [1.165, 1.54) is 7.11 Å². The topological polar surface area (TPSA) is 35.5 Å². The second kappa shape index (κ2) is 5.25. The second-order valence-electron chi connectivity index (χ2n) is 4.23. The summed E-state index contributed by atoms with van der Waals surface area (Å²) < 4.78 is 11.1. The van der Waals surface area contributed by atoms with Crippen LogP contribution in [0.3, 0.4) is 0 Å². The van der Waals surface area contributed by atoms with Crippen LogP contribution < -0.4 is 4.74 Å². The quantitative estimate of drug-likeness (QED) is 0.621. The fourth-order valence-corrected chi connectivity index (χ4v) is 2.79. The van der Waals surface area contributed by atoms with E-state index in [9.17, 15) is 4.79 Å². The molecule has 4 heteroatoms. The Balaban J connectivity index is 2.30. The maximum absolute atomic E-state index is 11.8. The molecule has 0 aromatic heterocycles. The lowest BCUT2D eigenvalue weighted by Gasteiger charge is -2.15. The minimum absolute atomic E-state index is 0.112. The van der Waals surface area contributed by atoms with Gasteiger partial charge in [0, 0.05) is 0 Å². The Morgan fingerprint density at radius 3 is 2.59 bits per heavy atom. The van der Waals surface area contributed by atoms with Crippen molar-refractivity contribution in [2.75, 3.05) is 14.2 Å². The van der Waals surface area contributed by atoms with Gasteiger partial charge in [-0.05, 0) is 59.0 Å². The van der Waals surface area contributed by atoms with Crippen molar-refractivity contribution in [3.8, 4) is 5.75 Å². The van der Waals surface area contributed by atoms with E-state index in [4.69, 9.17) is 9.47 Å². The van der Waals surface area contributed by atoms with Crippen molar-refractivity contribution < 1.29 is 14.3 Å². The van der Waals surface area contributed by atoms with Gasteiger partial charge >= 0.3 is 5.97 Å². The molecule has 1 aromatic carbocycles. The fraction of sp³-hybridized carbons (Fsp3) is 0.462. The minimum atomic E-state index is -0.131. The van der Waals surface area contributed by atoms with Crippen molar-refractivity contribution in [3.05, 3.63) is 27.3 Å². The average Bonchev–Trinajstić information content (AvgIpc) is 3.14. The van der Waals surface area contributed by atoms with E-state index < -0.39 is 0 Å². The highest BCUT2D eigenvalue weighted by molar-refractivity contribution is 14.1. The number of carbonyl (C=O) groups excluding carboxylic acids is 1. The van der Waals surface area contributed by atoms with Gasteiger partial charge < -0.3 is 9.47 Å². The van der Waals surface area contributed by atoms with Gasteiger partial charge in [-0.15, -0.1) is 0 Å². The summed E-state index contributed by atoms with van der Waals surface area (Å²) in [5, 5.41) is 0. The molecule has 0 amide bonds. The maximum atomic E-state index is 11.8. The predicted octanol–water partition coefficient (Wildman–Crippen LogP) is 2.97. The highest BCUT2D eigenvalue weighted by atomic mass is 127. The molecule has 17 heavy (non-hydrogen) atoms.